The van der Waals surface area contributed by atoms with Gasteiger partial charge in [0.1, 0.15) is 36.0 Å². The Morgan fingerprint density at radius 3 is 1.71 bits per heavy atom. The van der Waals surface area contributed by atoms with Crippen molar-refractivity contribution in [2.75, 3.05) is 13.1 Å². The van der Waals surface area contributed by atoms with E-state index in [0.29, 0.717) is 5.56 Å². The smallest absolute Gasteiger partial charge is 0.326 e. The molecule has 0 spiro atoms. The Labute approximate surface area is 321 Å². The molecule has 0 aromatic heterocycles. The highest BCUT2D eigenvalue weighted by molar-refractivity contribution is 5.96. The molecule has 1 aromatic carbocycles. The topological polar surface area (TPSA) is 323 Å². The van der Waals surface area contributed by atoms with Crippen molar-refractivity contribution in [2.45, 2.75) is 110 Å². The van der Waals surface area contributed by atoms with E-state index in [2.05, 4.69) is 36.9 Å². The molecule has 0 fully saturated rings. The molecule has 0 aliphatic heterocycles. The second-order valence-corrected chi connectivity index (χ2v) is 14.5. The Hall–Kier alpha value is -5.46. The second kappa shape index (κ2) is 23.4. The van der Waals surface area contributed by atoms with Crippen LogP contribution in [-0.2, 0) is 40.0 Å². The molecule has 0 heterocycles. The Morgan fingerprint density at radius 2 is 1.22 bits per heavy atom. The number of phenols is 1. The van der Waals surface area contributed by atoms with E-state index in [1.165, 1.54) is 19.1 Å². The number of rotatable bonds is 23. The Morgan fingerprint density at radius 1 is 0.691 bits per heavy atom. The minimum atomic E-state index is -1.28. The van der Waals surface area contributed by atoms with Crippen LogP contribution in [0.4, 0.5) is 0 Å². The lowest BCUT2D eigenvalue weighted by Gasteiger charge is -2.29. The fourth-order valence-electron chi connectivity index (χ4n) is 5.21. The number of carbonyl (C=O) groups excluding carboxylic acids is 6. The minimum Gasteiger partial charge on any atom is -0.508 e. The maximum Gasteiger partial charge on any atom is 0.326 e. The molecule has 1 aromatic rings. The first-order valence-corrected chi connectivity index (χ1v) is 18.2. The molecule has 0 unspecified atom stereocenters. The van der Waals surface area contributed by atoms with Crippen LogP contribution < -0.4 is 49.1 Å². The Balaban J connectivity index is 3.15. The van der Waals surface area contributed by atoms with E-state index in [1.54, 1.807) is 53.7 Å². The Kier molecular flexibility index (Phi) is 20.2. The average molecular weight is 777 g/mol. The molecule has 0 radical (unpaired) electrons. The summed E-state index contributed by atoms with van der Waals surface area (Å²) in [7, 11) is 0. The van der Waals surface area contributed by atoms with Gasteiger partial charge in [-0.3, -0.25) is 33.8 Å². The van der Waals surface area contributed by atoms with Crippen LogP contribution in [0.2, 0.25) is 0 Å². The average Bonchev–Trinajstić information content (AvgIpc) is 3.08. The number of benzene rings is 1. The number of nitrogens with zero attached hydrogens (tertiary/aromatic N) is 1. The van der Waals surface area contributed by atoms with Crippen molar-refractivity contribution in [3.63, 3.8) is 0 Å². The monoisotopic (exact) mass is 776 g/mol. The highest BCUT2D eigenvalue weighted by Crippen LogP contribution is 2.13. The molecule has 14 N–H and O–H groups in total. The minimum absolute atomic E-state index is 0.0220. The van der Waals surface area contributed by atoms with Crippen LogP contribution in [0.15, 0.2) is 29.3 Å². The van der Waals surface area contributed by atoms with E-state index >= 15 is 0 Å². The number of amides is 6. The molecule has 55 heavy (non-hydrogen) atoms. The van der Waals surface area contributed by atoms with Gasteiger partial charge in [-0.1, -0.05) is 53.7 Å². The predicted octanol–water partition coefficient (Wildman–Crippen LogP) is -1.68. The molecule has 0 aliphatic rings. The lowest BCUT2D eigenvalue weighted by molar-refractivity contribution is -0.142. The zero-order valence-electron chi connectivity index (χ0n) is 32.7. The molecular formula is C36H60N10O9. The van der Waals surface area contributed by atoms with Gasteiger partial charge in [-0.2, -0.15) is 0 Å². The molecule has 308 valence electrons. The maximum absolute atomic E-state index is 13.7. The highest BCUT2D eigenvalue weighted by atomic mass is 16.4. The molecular weight excluding hydrogens is 716 g/mol. The largest absolute Gasteiger partial charge is 0.508 e. The molecule has 19 heteroatoms. The number of aliphatic imine (C=N–C) groups is 1. The summed E-state index contributed by atoms with van der Waals surface area (Å²) in [6.45, 7) is 11.4. The van der Waals surface area contributed by atoms with E-state index in [9.17, 15) is 43.8 Å². The zero-order valence-corrected chi connectivity index (χ0v) is 32.7. The van der Waals surface area contributed by atoms with E-state index in [0.717, 1.165) is 0 Å². The first-order chi connectivity index (χ1) is 25.6. The third-order valence-electron chi connectivity index (χ3n) is 8.26. The van der Waals surface area contributed by atoms with Crippen LogP contribution in [0.5, 0.6) is 5.75 Å². The summed E-state index contributed by atoms with van der Waals surface area (Å²) in [4.78, 5) is 94.7. The van der Waals surface area contributed by atoms with Gasteiger partial charge < -0.3 is 59.3 Å². The van der Waals surface area contributed by atoms with Crippen LogP contribution in [0.3, 0.4) is 0 Å². The van der Waals surface area contributed by atoms with Gasteiger partial charge in [0.25, 0.3) is 0 Å². The number of nitrogens with one attached hydrogen (secondary N) is 6. The maximum atomic E-state index is 13.7. The highest BCUT2D eigenvalue weighted by Gasteiger charge is 2.33. The fourth-order valence-corrected chi connectivity index (χ4v) is 5.21. The van der Waals surface area contributed by atoms with Gasteiger partial charge in [-0.25, -0.2) is 4.79 Å². The summed E-state index contributed by atoms with van der Waals surface area (Å²) in [5, 5.41) is 34.8. The van der Waals surface area contributed by atoms with Crippen molar-refractivity contribution in [2.24, 2.45) is 39.9 Å². The quantitative estimate of drug-likeness (QED) is 0.0337. The molecule has 0 saturated carbocycles. The van der Waals surface area contributed by atoms with Crippen molar-refractivity contribution >= 4 is 47.4 Å². The van der Waals surface area contributed by atoms with Crippen LogP contribution in [-0.4, -0.2) is 107 Å². The number of hydrogen-bond donors (Lipinski definition) is 11. The Bertz CT molecular complexity index is 1490. The van der Waals surface area contributed by atoms with Crippen molar-refractivity contribution in [3.05, 3.63) is 29.8 Å². The molecule has 6 atom stereocenters. The number of guanidine groups is 1. The van der Waals surface area contributed by atoms with Gasteiger partial charge in [-0.05, 0) is 61.6 Å². The summed E-state index contributed by atoms with van der Waals surface area (Å²) in [6.07, 6.45) is 0.364. The van der Waals surface area contributed by atoms with Gasteiger partial charge in [0.15, 0.2) is 5.96 Å². The van der Waals surface area contributed by atoms with Gasteiger partial charge in [0, 0.05) is 13.0 Å². The molecule has 0 bridgehead atoms. The number of phenolic OH excluding ortho intramolecular Hbond substituents is 1. The summed E-state index contributed by atoms with van der Waals surface area (Å²) < 4.78 is 0. The van der Waals surface area contributed by atoms with Crippen molar-refractivity contribution in [3.8, 4) is 5.75 Å². The lowest BCUT2D eigenvalue weighted by atomic mass is 9.98. The van der Waals surface area contributed by atoms with Gasteiger partial charge in [0.2, 0.25) is 35.4 Å². The number of aliphatic carboxylic acids is 1. The van der Waals surface area contributed by atoms with E-state index in [1.807, 2.05) is 0 Å². The zero-order chi connectivity index (χ0) is 42.0. The van der Waals surface area contributed by atoms with Gasteiger partial charge >= 0.3 is 5.97 Å². The summed E-state index contributed by atoms with van der Waals surface area (Å²) in [5.41, 5.74) is 16.8. The van der Waals surface area contributed by atoms with Crippen molar-refractivity contribution < 1.29 is 43.8 Å². The number of hydrogen-bond acceptors (Lipinski definition) is 10. The van der Waals surface area contributed by atoms with Gasteiger partial charge in [0.05, 0.1) is 12.6 Å². The van der Waals surface area contributed by atoms with E-state index in [4.69, 9.17) is 17.2 Å². The molecule has 0 aliphatic carbocycles. The molecule has 19 nitrogen and oxygen atoms in total. The molecule has 0 saturated heterocycles. The van der Waals surface area contributed by atoms with E-state index in [-0.39, 0.29) is 55.8 Å². The van der Waals surface area contributed by atoms with Crippen molar-refractivity contribution in [1.29, 1.82) is 0 Å². The lowest BCUT2D eigenvalue weighted by Crippen LogP contribution is -2.60. The number of carboxylic acids is 1. The molecule has 6 amide bonds. The SMILES string of the molecule is CC(C)C[C@H](NC(=O)CNC(=O)[C@H](Cc1ccc(O)cc1)NC(=O)[C@@H](NC(=O)[C@@H](NC(=O)[C@H](C)N)C(C)C)C(C)C)C(=O)N[C@@H](CCCN=C(N)N)C(=O)O. The normalized spacial score (nSPS) is 14.4. The van der Waals surface area contributed by atoms with E-state index < -0.39 is 90.1 Å². The van der Waals surface area contributed by atoms with Crippen LogP contribution in [0, 0.1) is 17.8 Å². The number of nitrogens with two attached hydrogens (primary N) is 3. The summed E-state index contributed by atoms with van der Waals surface area (Å²) in [6, 6.07) is -0.815. The number of carbonyl (C=O) groups is 7. The first kappa shape index (κ1) is 47.6. The fraction of sp³-hybridized carbons (Fsp3) is 0.611. The summed E-state index contributed by atoms with van der Waals surface area (Å²) >= 11 is 0. The second-order valence-electron chi connectivity index (χ2n) is 14.5. The van der Waals surface area contributed by atoms with Gasteiger partial charge in [-0.15, -0.1) is 0 Å². The summed E-state index contributed by atoms with van der Waals surface area (Å²) in [5.74, 6) is -6.54. The van der Waals surface area contributed by atoms with Crippen LogP contribution in [0.25, 0.3) is 0 Å². The number of aromatic hydroxyl groups is 1. The van der Waals surface area contributed by atoms with Crippen molar-refractivity contribution in [1.82, 2.24) is 31.9 Å². The standard InChI is InChI=1S/C36H60N10O9/c1-18(2)15-25(32(51)43-24(35(54)55)9-8-14-40-36(38)39)42-27(48)17-41-31(50)26(16-22-10-12-23(47)13-11-22)44-33(52)28(19(3)4)46-34(53)29(20(5)6)45-30(49)21(7)37/h10-13,18-21,24-26,28-29,47H,8-9,14-17,37H2,1-7H3,(H,41,50)(H,42,48)(H,43,51)(H,44,52)(H,45,49)(H,46,53)(H,54,55)(H4,38,39,40)/t21-,24-,25-,26-,28-,29-/m0/s1. The molecule has 1 rings (SSSR count). The third-order valence-corrected chi connectivity index (χ3v) is 8.26. The van der Waals surface area contributed by atoms with Crippen LogP contribution in [0.1, 0.15) is 73.3 Å². The number of carboxylic acid groups (broad SMARTS) is 1. The predicted molar refractivity (Wildman–Crippen MR) is 205 cm³/mol. The first-order valence-electron chi connectivity index (χ1n) is 18.2. The third kappa shape index (κ3) is 17.9. The van der Waals surface area contributed by atoms with Crippen LogP contribution >= 0.6 is 0 Å².